The van der Waals surface area contributed by atoms with Crippen LogP contribution >= 0.6 is 24.0 Å². The van der Waals surface area contributed by atoms with E-state index in [1.165, 1.54) is 0 Å². The molecule has 0 radical (unpaired) electrons. The first-order valence-corrected chi connectivity index (χ1v) is 7.96. The molecule has 1 heterocycles. The number of thioether (sulfide) groups is 1. The molecule has 1 aromatic carbocycles. The highest BCUT2D eigenvalue weighted by Gasteiger charge is 2.13. The highest BCUT2D eigenvalue weighted by atomic mass is 32.2. The molecule has 20 heavy (non-hydrogen) atoms. The van der Waals surface area contributed by atoms with Crippen LogP contribution in [0.4, 0.5) is 0 Å². The maximum atomic E-state index is 5.88. The monoisotopic (exact) mass is 307 g/mol. The van der Waals surface area contributed by atoms with Crippen molar-refractivity contribution in [2.24, 2.45) is 5.73 Å². The van der Waals surface area contributed by atoms with Crippen molar-refractivity contribution >= 4 is 29.0 Å². The van der Waals surface area contributed by atoms with Gasteiger partial charge in [0, 0.05) is 11.4 Å². The Hall–Kier alpha value is -1.53. The number of hydrogen-bond acceptors (Lipinski definition) is 4. The normalized spacial score (nSPS) is 10.5. The van der Waals surface area contributed by atoms with E-state index in [2.05, 4.69) is 12.0 Å². The number of nitrogens with two attached hydrogens (primary N) is 1. The van der Waals surface area contributed by atoms with E-state index in [1.807, 2.05) is 35.3 Å². The molecule has 0 fully saturated rings. The molecule has 0 unspecified atom stereocenters. The summed E-state index contributed by atoms with van der Waals surface area (Å²) in [5.41, 5.74) is 6.59. The van der Waals surface area contributed by atoms with Gasteiger partial charge in [0.1, 0.15) is 10.7 Å². The number of hydrogen-bond donors (Lipinski definition) is 1. The van der Waals surface area contributed by atoms with Crippen molar-refractivity contribution in [2.75, 3.05) is 6.26 Å². The molecule has 0 amide bonds. The molecule has 2 rings (SSSR count). The van der Waals surface area contributed by atoms with Gasteiger partial charge in [-0.2, -0.15) is 5.10 Å². The van der Waals surface area contributed by atoms with Gasteiger partial charge < -0.3 is 10.5 Å². The van der Waals surface area contributed by atoms with Gasteiger partial charge in [-0.3, -0.25) is 4.68 Å². The average Bonchev–Trinajstić information content (AvgIpc) is 2.86. The van der Waals surface area contributed by atoms with E-state index in [0.717, 1.165) is 23.4 Å². The molecular formula is C14H17N3OS2. The van der Waals surface area contributed by atoms with Crippen molar-refractivity contribution in [1.82, 2.24) is 9.78 Å². The Kier molecular flexibility index (Phi) is 5.03. The number of rotatable bonds is 6. The second kappa shape index (κ2) is 6.76. The van der Waals surface area contributed by atoms with Gasteiger partial charge in [-0.05, 0) is 24.8 Å². The zero-order chi connectivity index (χ0) is 14.5. The van der Waals surface area contributed by atoms with Crippen molar-refractivity contribution in [2.45, 2.75) is 24.8 Å². The van der Waals surface area contributed by atoms with Gasteiger partial charge in [0.2, 0.25) is 0 Å². The van der Waals surface area contributed by atoms with Crippen LogP contribution in [0.15, 0.2) is 35.5 Å². The second-order valence-electron chi connectivity index (χ2n) is 4.24. The smallest absolute Gasteiger partial charge is 0.165 e. The molecule has 1 aromatic heterocycles. The van der Waals surface area contributed by atoms with Gasteiger partial charge in [0.15, 0.2) is 5.75 Å². The maximum absolute atomic E-state index is 5.88. The second-order valence-corrected chi connectivity index (χ2v) is 5.53. The van der Waals surface area contributed by atoms with Crippen molar-refractivity contribution in [3.8, 4) is 11.5 Å². The Bertz CT molecular complexity index is 610. The summed E-state index contributed by atoms with van der Waals surface area (Å²) in [6.45, 7) is 2.98. The number of benzene rings is 1. The van der Waals surface area contributed by atoms with Crippen LogP contribution < -0.4 is 10.5 Å². The van der Waals surface area contributed by atoms with E-state index >= 15 is 0 Å². The van der Waals surface area contributed by atoms with Crippen LogP contribution in [-0.2, 0) is 6.54 Å². The fourth-order valence-electron chi connectivity index (χ4n) is 1.88. The summed E-state index contributed by atoms with van der Waals surface area (Å²) in [5, 5.41) is 4.24. The first-order chi connectivity index (χ1) is 9.65. The zero-order valence-electron chi connectivity index (χ0n) is 11.5. The van der Waals surface area contributed by atoms with E-state index in [9.17, 15) is 0 Å². The predicted molar refractivity (Wildman–Crippen MR) is 86.7 cm³/mol. The first-order valence-electron chi connectivity index (χ1n) is 6.32. The van der Waals surface area contributed by atoms with E-state index in [0.29, 0.717) is 16.5 Å². The van der Waals surface area contributed by atoms with Crippen LogP contribution in [0.2, 0.25) is 0 Å². The minimum absolute atomic E-state index is 0.339. The van der Waals surface area contributed by atoms with Crippen molar-refractivity contribution in [1.29, 1.82) is 0 Å². The highest BCUT2D eigenvalue weighted by Crippen LogP contribution is 2.31. The van der Waals surface area contributed by atoms with Gasteiger partial charge in [0.25, 0.3) is 0 Å². The molecule has 2 aromatic rings. The zero-order valence-corrected chi connectivity index (χ0v) is 13.1. The number of aryl methyl sites for hydroxylation is 1. The summed E-state index contributed by atoms with van der Waals surface area (Å²) < 4.78 is 7.73. The highest BCUT2D eigenvalue weighted by molar-refractivity contribution is 7.98. The number of ether oxygens (including phenoxy) is 1. The Morgan fingerprint density at radius 3 is 2.95 bits per heavy atom. The first kappa shape index (κ1) is 14.9. The molecule has 0 saturated heterocycles. The summed E-state index contributed by atoms with van der Waals surface area (Å²) >= 11 is 6.72. The van der Waals surface area contributed by atoms with Crippen LogP contribution in [0.3, 0.4) is 0 Å². The molecule has 0 saturated carbocycles. The van der Waals surface area contributed by atoms with Crippen LogP contribution in [0.25, 0.3) is 0 Å². The third kappa shape index (κ3) is 3.32. The predicted octanol–water partition coefficient (Wildman–Crippen LogP) is 3.44. The lowest BCUT2D eigenvalue weighted by Crippen LogP contribution is -2.12. The van der Waals surface area contributed by atoms with Gasteiger partial charge in [-0.25, -0.2) is 0 Å². The maximum Gasteiger partial charge on any atom is 0.165 e. The SMILES string of the molecule is CCCn1cc(Oc2cccc(SC)c2C(N)=S)cn1. The molecule has 0 atom stereocenters. The van der Waals surface area contributed by atoms with Gasteiger partial charge >= 0.3 is 0 Å². The average molecular weight is 307 g/mol. The fraction of sp³-hybridized carbons (Fsp3) is 0.286. The number of thiocarbonyl (C=S) groups is 1. The largest absolute Gasteiger partial charge is 0.453 e. The summed E-state index contributed by atoms with van der Waals surface area (Å²) in [5.74, 6) is 1.36. The fourth-order valence-corrected chi connectivity index (χ4v) is 2.79. The minimum atomic E-state index is 0.339. The topological polar surface area (TPSA) is 53.1 Å². The Balaban J connectivity index is 2.30. The van der Waals surface area contributed by atoms with E-state index in [-0.39, 0.29) is 0 Å². The number of nitrogens with zero attached hydrogens (tertiary/aromatic N) is 2. The number of aromatic nitrogens is 2. The van der Waals surface area contributed by atoms with Gasteiger partial charge in [-0.15, -0.1) is 11.8 Å². The lowest BCUT2D eigenvalue weighted by Gasteiger charge is -2.12. The van der Waals surface area contributed by atoms with Crippen molar-refractivity contribution < 1.29 is 4.74 Å². The van der Waals surface area contributed by atoms with E-state index in [1.54, 1.807) is 18.0 Å². The molecule has 2 N–H and O–H groups in total. The standard InChI is InChI=1S/C14H17N3OS2/c1-3-7-17-9-10(8-16-17)18-11-5-4-6-12(20-2)13(11)14(15)19/h4-6,8-9H,3,7H2,1-2H3,(H2,15,19). The third-order valence-corrected chi connectivity index (χ3v) is 3.73. The van der Waals surface area contributed by atoms with E-state index < -0.39 is 0 Å². The van der Waals surface area contributed by atoms with Crippen LogP contribution in [0.5, 0.6) is 11.5 Å². The Labute approximate surface area is 128 Å². The Morgan fingerprint density at radius 2 is 2.30 bits per heavy atom. The quantitative estimate of drug-likeness (QED) is 0.654. The lowest BCUT2D eigenvalue weighted by atomic mass is 10.2. The summed E-state index contributed by atoms with van der Waals surface area (Å²) in [6.07, 6.45) is 6.59. The lowest BCUT2D eigenvalue weighted by molar-refractivity contribution is 0.478. The van der Waals surface area contributed by atoms with Crippen molar-refractivity contribution in [3.63, 3.8) is 0 Å². The summed E-state index contributed by atoms with van der Waals surface area (Å²) in [4.78, 5) is 1.35. The van der Waals surface area contributed by atoms with Gasteiger partial charge in [0.05, 0.1) is 18.0 Å². The molecule has 106 valence electrons. The van der Waals surface area contributed by atoms with E-state index in [4.69, 9.17) is 22.7 Å². The van der Waals surface area contributed by atoms with Crippen LogP contribution in [-0.4, -0.2) is 21.0 Å². The summed E-state index contributed by atoms with van der Waals surface area (Å²) in [7, 11) is 0. The van der Waals surface area contributed by atoms with Gasteiger partial charge in [-0.1, -0.05) is 25.2 Å². The molecule has 0 aliphatic rings. The summed E-state index contributed by atoms with van der Waals surface area (Å²) in [6, 6.07) is 5.78. The molecular weight excluding hydrogens is 290 g/mol. The van der Waals surface area contributed by atoms with Crippen molar-refractivity contribution in [3.05, 3.63) is 36.2 Å². The molecule has 4 nitrogen and oxygen atoms in total. The molecule has 0 bridgehead atoms. The molecule has 0 aliphatic carbocycles. The van der Waals surface area contributed by atoms with Crippen LogP contribution in [0, 0.1) is 0 Å². The molecule has 0 spiro atoms. The minimum Gasteiger partial charge on any atom is -0.453 e. The third-order valence-electron chi connectivity index (χ3n) is 2.74. The van der Waals surface area contributed by atoms with Crippen LogP contribution in [0.1, 0.15) is 18.9 Å². The Morgan fingerprint density at radius 1 is 1.50 bits per heavy atom. The molecule has 6 heteroatoms. The molecule has 0 aliphatic heterocycles.